The lowest BCUT2D eigenvalue weighted by Crippen LogP contribution is -3.09. The van der Waals surface area contributed by atoms with Crippen molar-refractivity contribution in [3.05, 3.63) is 35.4 Å². The van der Waals surface area contributed by atoms with Gasteiger partial charge in [0.1, 0.15) is 12.1 Å². The van der Waals surface area contributed by atoms with Gasteiger partial charge in [-0.15, -0.1) is 0 Å². The van der Waals surface area contributed by atoms with Crippen LogP contribution in [0.3, 0.4) is 0 Å². The van der Waals surface area contributed by atoms with Crippen LogP contribution in [-0.2, 0) is 11.3 Å². The molecule has 0 bridgehead atoms. The van der Waals surface area contributed by atoms with Crippen LogP contribution in [0.1, 0.15) is 49.5 Å². The molecule has 1 heterocycles. The van der Waals surface area contributed by atoms with Crippen molar-refractivity contribution in [2.75, 3.05) is 20.8 Å². The fraction of sp³-hybridized carbons (Fsp3) is 0.550. The molecule has 2 rings (SSSR count). The standard InChI is InChI=1S/C20H30N4O3/c1-14(2)10-11-20(3)18(26)24(19(27)22-20)13-23(5)12-15-6-8-16(9-7-15)17(25)21-4/h6-9,14H,10-13H2,1-5H3,(H,21,25)(H,22,27)/p+1/t20-/m0/s1. The lowest BCUT2D eigenvalue weighted by Gasteiger charge is -2.23. The van der Waals surface area contributed by atoms with Gasteiger partial charge in [-0.2, -0.15) is 0 Å². The van der Waals surface area contributed by atoms with Gasteiger partial charge in [-0.3, -0.25) is 9.59 Å². The summed E-state index contributed by atoms with van der Waals surface area (Å²) in [7, 11) is 3.54. The smallest absolute Gasteiger partial charge is 0.329 e. The number of rotatable bonds is 8. The second kappa shape index (κ2) is 8.52. The first kappa shape index (κ1) is 20.9. The number of hydrogen-bond acceptors (Lipinski definition) is 3. The van der Waals surface area contributed by atoms with Crippen LogP contribution in [0.5, 0.6) is 0 Å². The first-order chi connectivity index (χ1) is 12.7. The number of amides is 4. The Morgan fingerprint density at radius 1 is 1.26 bits per heavy atom. The van der Waals surface area contributed by atoms with Gasteiger partial charge in [-0.1, -0.05) is 26.0 Å². The molecule has 27 heavy (non-hydrogen) atoms. The zero-order chi connectivity index (χ0) is 20.2. The van der Waals surface area contributed by atoms with Crippen molar-refractivity contribution in [3.63, 3.8) is 0 Å². The summed E-state index contributed by atoms with van der Waals surface area (Å²) in [5, 5.41) is 5.45. The SMILES string of the molecule is CNC(=O)c1ccc(C[NH+](C)CN2C(=O)N[C@@](C)(CCC(C)C)C2=O)cc1. The van der Waals surface area contributed by atoms with Crippen LogP contribution in [0.2, 0.25) is 0 Å². The number of hydrogen-bond donors (Lipinski definition) is 3. The van der Waals surface area contributed by atoms with Crippen molar-refractivity contribution in [3.8, 4) is 0 Å². The van der Waals surface area contributed by atoms with Crippen molar-refractivity contribution in [2.24, 2.45) is 5.92 Å². The minimum atomic E-state index is -0.809. The van der Waals surface area contributed by atoms with E-state index in [4.69, 9.17) is 0 Å². The number of imide groups is 1. The fourth-order valence-electron chi connectivity index (χ4n) is 3.23. The van der Waals surface area contributed by atoms with Gasteiger partial charge in [0.25, 0.3) is 11.8 Å². The van der Waals surface area contributed by atoms with E-state index in [0.29, 0.717) is 31.1 Å². The minimum absolute atomic E-state index is 0.123. The molecule has 1 aromatic carbocycles. The average molecular weight is 375 g/mol. The van der Waals surface area contributed by atoms with Crippen molar-refractivity contribution in [1.82, 2.24) is 15.5 Å². The largest absolute Gasteiger partial charge is 0.355 e. The van der Waals surface area contributed by atoms with Gasteiger partial charge in [0.15, 0.2) is 6.67 Å². The summed E-state index contributed by atoms with van der Waals surface area (Å²) >= 11 is 0. The van der Waals surface area contributed by atoms with E-state index in [1.807, 2.05) is 26.1 Å². The quantitative estimate of drug-likeness (QED) is 0.587. The molecule has 7 heteroatoms. The number of quaternary nitrogens is 1. The van der Waals surface area contributed by atoms with E-state index in [9.17, 15) is 14.4 Å². The first-order valence-corrected chi connectivity index (χ1v) is 9.42. The Morgan fingerprint density at radius 3 is 2.44 bits per heavy atom. The normalized spacial score (nSPS) is 20.7. The van der Waals surface area contributed by atoms with Gasteiger partial charge in [0, 0.05) is 18.2 Å². The van der Waals surface area contributed by atoms with Gasteiger partial charge in [0.05, 0.1) is 7.05 Å². The van der Waals surface area contributed by atoms with Crippen molar-refractivity contribution in [1.29, 1.82) is 0 Å². The summed E-state index contributed by atoms with van der Waals surface area (Å²) in [5.41, 5.74) is 0.834. The first-order valence-electron chi connectivity index (χ1n) is 9.42. The van der Waals surface area contributed by atoms with Crippen LogP contribution >= 0.6 is 0 Å². The van der Waals surface area contributed by atoms with Crippen molar-refractivity contribution >= 4 is 17.8 Å². The maximum atomic E-state index is 12.8. The molecule has 148 valence electrons. The Hall–Kier alpha value is -2.41. The highest BCUT2D eigenvalue weighted by Crippen LogP contribution is 2.24. The molecule has 1 aliphatic rings. The molecule has 1 saturated heterocycles. The average Bonchev–Trinajstić information content (AvgIpc) is 2.83. The Labute approximate surface area is 161 Å². The number of carbonyl (C=O) groups is 3. The Morgan fingerprint density at radius 2 is 1.89 bits per heavy atom. The summed E-state index contributed by atoms with van der Waals surface area (Å²) in [4.78, 5) is 39.0. The molecule has 1 aliphatic heterocycles. The molecule has 1 unspecified atom stereocenters. The fourth-order valence-corrected chi connectivity index (χ4v) is 3.23. The molecule has 7 nitrogen and oxygen atoms in total. The molecule has 0 aliphatic carbocycles. The number of benzene rings is 1. The zero-order valence-corrected chi connectivity index (χ0v) is 16.9. The third-order valence-electron chi connectivity index (χ3n) is 4.94. The van der Waals surface area contributed by atoms with Crippen LogP contribution in [0.25, 0.3) is 0 Å². The predicted molar refractivity (Wildman–Crippen MR) is 103 cm³/mol. The van der Waals surface area contributed by atoms with Crippen LogP contribution in [-0.4, -0.2) is 49.0 Å². The van der Waals surface area contributed by atoms with Crippen LogP contribution < -0.4 is 15.5 Å². The number of nitrogens with one attached hydrogen (secondary N) is 3. The summed E-state index contributed by atoms with van der Waals surface area (Å²) in [6.07, 6.45) is 1.53. The zero-order valence-electron chi connectivity index (χ0n) is 16.9. The molecule has 2 atom stereocenters. The Bertz CT molecular complexity index is 702. The van der Waals surface area contributed by atoms with Gasteiger partial charge in [0.2, 0.25) is 0 Å². The molecule has 3 N–H and O–H groups in total. The van der Waals surface area contributed by atoms with Crippen molar-refractivity contribution in [2.45, 2.75) is 45.7 Å². The molecule has 4 amide bonds. The lowest BCUT2D eigenvalue weighted by atomic mass is 9.92. The second-order valence-corrected chi connectivity index (χ2v) is 8.00. The lowest BCUT2D eigenvalue weighted by molar-refractivity contribution is -0.901. The molecule has 0 aromatic heterocycles. The second-order valence-electron chi connectivity index (χ2n) is 8.00. The number of urea groups is 1. The molecule has 1 fully saturated rings. The highest BCUT2D eigenvalue weighted by atomic mass is 16.2. The van der Waals surface area contributed by atoms with E-state index in [1.54, 1.807) is 19.2 Å². The predicted octanol–water partition coefficient (Wildman–Crippen LogP) is 0.765. The minimum Gasteiger partial charge on any atom is -0.355 e. The summed E-state index contributed by atoms with van der Waals surface area (Å²) < 4.78 is 0. The van der Waals surface area contributed by atoms with Gasteiger partial charge >= 0.3 is 6.03 Å². The number of carbonyl (C=O) groups excluding carboxylic acids is 3. The molecule has 1 aromatic rings. The van der Waals surface area contributed by atoms with E-state index >= 15 is 0 Å². The monoisotopic (exact) mass is 375 g/mol. The molecular weight excluding hydrogens is 344 g/mol. The molecule has 0 radical (unpaired) electrons. The van der Waals surface area contributed by atoms with Crippen LogP contribution in [0.15, 0.2) is 24.3 Å². The van der Waals surface area contributed by atoms with E-state index in [-0.39, 0.29) is 17.8 Å². The van der Waals surface area contributed by atoms with Crippen LogP contribution in [0.4, 0.5) is 4.79 Å². The molecular formula is C20H31N4O3+. The van der Waals surface area contributed by atoms with Crippen molar-refractivity contribution < 1.29 is 19.3 Å². The Balaban J connectivity index is 1.96. The van der Waals surface area contributed by atoms with E-state index in [1.165, 1.54) is 4.90 Å². The summed E-state index contributed by atoms with van der Waals surface area (Å²) in [6, 6.07) is 7.02. The third-order valence-corrected chi connectivity index (χ3v) is 4.94. The highest BCUT2D eigenvalue weighted by molar-refractivity contribution is 6.06. The topological polar surface area (TPSA) is 82.9 Å². The maximum absolute atomic E-state index is 12.8. The molecule has 0 saturated carbocycles. The van der Waals surface area contributed by atoms with Gasteiger partial charge in [-0.25, -0.2) is 9.69 Å². The van der Waals surface area contributed by atoms with Gasteiger partial charge in [-0.05, 0) is 37.8 Å². The van der Waals surface area contributed by atoms with E-state index in [0.717, 1.165) is 16.9 Å². The van der Waals surface area contributed by atoms with E-state index in [2.05, 4.69) is 24.5 Å². The van der Waals surface area contributed by atoms with Gasteiger partial charge < -0.3 is 15.5 Å². The summed E-state index contributed by atoms with van der Waals surface area (Å²) in [5.74, 6) is 0.205. The van der Waals surface area contributed by atoms with Crippen LogP contribution in [0, 0.1) is 5.92 Å². The maximum Gasteiger partial charge on any atom is 0.329 e. The Kier molecular flexibility index (Phi) is 6.59. The molecule has 0 spiro atoms. The highest BCUT2D eigenvalue weighted by Gasteiger charge is 2.48. The third kappa shape index (κ3) is 5.07. The number of nitrogens with zero attached hydrogens (tertiary/aromatic N) is 1. The van der Waals surface area contributed by atoms with E-state index < -0.39 is 5.54 Å². The summed E-state index contributed by atoms with van der Waals surface area (Å²) in [6.45, 7) is 6.97.